The van der Waals surface area contributed by atoms with Gasteiger partial charge in [0.15, 0.2) is 12.6 Å². The molecular weight excluding hydrogens is 307 g/mol. The van der Waals surface area contributed by atoms with Gasteiger partial charge in [0, 0.05) is 0 Å². The van der Waals surface area contributed by atoms with Crippen molar-refractivity contribution in [3.8, 4) is 0 Å². The van der Waals surface area contributed by atoms with E-state index in [2.05, 4.69) is 0 Å². The van der Waals surface area contributed by atoms with Crippen LogP contribution in [0.15, 0.2) is 0 Å². The van der Waals surface area contributed by atoms with E-state index >= 15 is 0 Å². The monoisotopic (exact) mass is 328 g/mol. The predicted octanol–water partition coefficient (Wildman–Crippen LogP) is -3.39. The summed E-state index contributed by atoms with van der Waals surface area (Å²) in [5.41, 5.74) is 0. The van der Waals surface area contributed by atoms with Gasteiger partial charge in [0.25, 0.3) is 0 Å². The van der Waals surface area contributed by atoms with E-state index in [1.807, 2.05) is 0 Å². The van der Waals surface area contributed by atoms with Crippen molar-refractivity contribution >= 4 is 0 Å². The lowest BCUT2D eigenvalue weighted by molar-refractivity contribution is -0.357. The summed E-state index contributed by atoms with van der Waals surface area (Å²) in [6.07, 6.45) is -15.0. The molecule has 0 aromatic carbocycles. The maximum absolute atomic E-state index is 12.6. The highest BCUT2D eigenvalue weighted by atomic mass is 19.1. The summed E-state index contributed by atoms with van der Waals surface area (Å²) in [5.74, 6) is 0. The fourth-order valence-corrected chi connectivity index (χ4v) is 2.48. The summed E-state index contributed by atoms with van der Waals surface area (Å²) >= 11 is 0. The average Bonchev–Trinajstić information content (AvgIpc) is 2.49. The molecule has 2 aliphatic heterocycles. The minimum Gasteiger partial charge on any atom is -0.388 e. The van der Waals surface area contributed by atoms with Crippen LogP contribution in [-0.4, -0.2) is 98.7 Å². The maximum atomic E-state index is 12.6. The SMILES string of the molecule is C[C@@H]1O[C@@H](O[C@H]2C(O)O[C@H](CF)[C@H](O)[C@@H]2O)[C@@H](O)[C@H](O)[C@@H]1O. The highest BCUT2D eigenvalue weighted by molar-refractivity contribution is 4.92. The molecule has 0 bridgehead atoms. The summed E-state index contributed by atoms with van der Waals surface area (Å²) in [6.45, 7) is 0.306. The van der Waals surface area contributed by atoms with E-state index in [0.717, 1.165) is 0 Å². The van der Waals surface area contributed by atoms with Crippen molar-refractivity contribution in [1.29, 1.82) is 0 Å². The Hall–Kier alpha value is -0.430. The number of aliphatic hydroxyl groups is 6. The number of alkyl halides is 1. The first kappa shape index (κ1) is 17.9. The van der Waals surface area contributed by atoms with E-state index in [4.69, 9.17) is 14.2 Å². The largest absolute Gasteiger partial charge is 0.388 e. The Morgan fingerprint density at radius 3 is 2.09 bits per heavy atom. The second-order valence-corrected chi connectivity index (χ2v) is 5.48. The second kappa shape index (κ2) is 6.99. The van der Waals surface area contributed by atoms with Crippen molar-refractivity contribution in [2.24, 2.45) is 0 Å². The maximum Gasteiger partial charge on any atom is 0.187 e. The van der Waals surface area contributed by atoms with Crippen molar-refractivity contribution in [3.63, 3.8) is 0 Å². The molecule has 10 heteroatoms. The van der Waals surface area contributed by atoms with Crippen molar-refractivity contribution in [2.45, 2.75) is 68.3 Å². The Morgan fingerprint density at radius 1 is 0.864 bits per heavy atom. The zero-order chi connectivity index (χ0) is 16.6. The number of halogens is 1. The van der Waals surface area contributed by atoms with Gasteiger partial charge < -0.3 is 44.8 Å². The smallest absolute Gasteiger partial charge is 0.187 e. The Bertz CT molecular complexity index is 373. The number of aliphatic hydroxyl groups excluding tert-OH is 6. The summed E-state index contributed by atoms with van der Waals surface area (Å²) in [5, 5.41) is 58.3. The van der Waals surface area contributed by atoms with Crippen LogP contribution in [-0.2, 0) is 14.2 Å². The lowest BCUT2D eigenvalue weighted by Gasteiger charge is -2.44. The molecule has 0 spiro atoms. The van der Waals surface area contributed by atoms with E-state index in [0.29, 0.717) is 0 Å². The van der Waals surface area contributed by atoms with Crippen molar-refractivity contribution in [2.75, 3.05) is 6.67 Å². The Labute approximate surface area is 125 Å². The van der Waals surface area contributed by atoms with Gasteiger partial charge in [-0.25, -0.2) is 4.39 Å². The molecule has 1 unspecified atom stereocenters. The van der Waals surface area contributed by atoms with Gasteiger partial charge in [-0.1, -0.05) is 0 Å². The van der Waals surface area contributed by atoms with Crippen LogP contribution in [0, 0.1) is 0 Å². The lowest BCUT2D eigenvalue weighted by atomic mass is 9.98. The first-order chi connectivity index (χ1) is 10.3. The zero-order valence-corrected chi connectivity index (χ0v) is 11.8. The zero-order valence-electron chi connectivity index (χ0n) is 11.8. The third kappa shape index (κ3) is 3.25. The van der Waals surface area contributed by atoms with Crippen LogP contribution in [0.3, 0.4) is 0 Å². The van der Waals surface area contributed by atoms with E-state index < -0.39 is 68.1 Å². The molecule has 10 atom stereocenters. The number of hydrogen-bond acceptors (Lipinski definition) is 9. The Kier molecular flexibility index (Phi) is 5.69. The molecule has 2 aliphatic rings. The van der Waals surface area contributed by atoms with Crippen LogP contribution in [0.4, 0.5) is 4.39 Å². The lowest BCUT2D eigenvalue weighted by Crippen LogP contribution is -2.63. The van der Waals surface area contributed by atoms with E-state index in [9.17, 15) is 35.0 Å². The first-order valence-electron chi connectivity index (χ1n) is 6.88. The number of ether oxygens (including phenoxy) is 3. The van der Waals surface area contributed by atoms with Gasteiger partial charge in [0.2, 0.25) is 0 Å². The van der Waals surface area contributed by atoms with Gasteiger partial charge in [-0.05, 0) is 6.92 Å². The Balaban J connectivity index is 2.06. The molecule has 2 rings (SSSR count). The molecule has 0 aromatic rings. The first-order valence-corrected chi connectivity index (χ1v) is 6.88. The third-order valence-corrected chi connectivity index (χ3v) is 3.91. The van der Waals surface area contributed by atoms with Gasteiger partial charge in [0.05, 0.1) is 6.10 Å². The third-order valence-electron chi connectivity index (χ3n) is 3.91. The minimum atomic E-state index is -1.77. The molecule has 22 heavy (non-hydrogen) atoms. The summed E-state index contributed by atoms with van der Waals surface area (Å²) in [6, 6.07) is 0. The van der Waals surface area contributed by atoms with Gasteiger partial charge in [-0.2, -0.15) is 0 Å². The molecule has 9 nitrogen and oxygen atoms in total. The van der Waals surface area contributed by atoms with Gasteiger partial charge in [0.1, 0.15) is 49.4 Å². The highest BCUT2D eigenvalue weighted by Crippen LogP contribution is 2.28. The van der Waals surface area contributed by atoms with Crippen molar-refractivity contribution in [3.05, 3.63) is 0 Å². The van der Waals surface area contributed by atoms with Crippen LogP contribution in [0.25, 0.3) is 0 Å². The number of hydrogen-bond donors (Lipinski definition) is 6. The molecule has 2 fully saturated rings. The molecule has 2 saturated heterocycles. The fourth-order valence-electron chi connectivity index (χ4n) is 2.48. The molecule has 0 saturated carbocycles. The summed E-state index contributed by atoms with van der Waals surface area (Å²) < 4.78 is 27.7. The standard InChI is InChI=1S/C12H21FO9/c1-3-5(14)7(16)9(18)12(20-3)22-10-8(17)6(15)4(2-13)21-11(10)19/h3-12,14-19H,2H2,1H3/t3-,4+,5+,6-,7+,8-,9-,10+,11?,12-/m0/s1. The molecule has 2 heterocycles. The molecule has 6 N–H and O–H groups in total. The normalized spacial score (nSPS) is 53.5. The van der Waals surface area contributed by atoms with Gasteiger partial charge in [-0.15, -0.1) is 0 Å². The molecule has 0 amide bonds. The molecule has 130 valence electrons. The van der Waals surface area contributed by atoms with Crippen LogP contribution >= 0.6 is 0 Å². The molecule has 0 aliphatic carbocycles. The van der Waals surface area contributed by atoms with Crippen LogP contribution in [0.1, 0.15) is 6.92 Å². The summed E-state index contributed by atoms with van der Waals surface area (Å²) in [4.78, 5) is 0. The summed E-state index contributed by atoms with van der Waals surface area (Å²) in [7, 11) is 0. The fraction of sp³-hybridized carbons (Fsp3) is 1.00. The topological polar surface area (TPSA) is 149 Å². The quantitative estimate of drug-likeness (QED) is 0.312. The van der Waals surface area contributed by atoms with Crippen molar-refractivity contribution < 1.29 is 49.2 Å². The van der Waals surface area contributed by atoms with Crippen LogP contribution in [0.5, 0.6) is 0 Å². The van der Waals surface area contributed by atoms with Gasteiger partial charge in [-0.3, -0.25) is 0 Å². The molecular formula is C12H21FO9. The van der Waals surface area contributed by atoms with E-state index in [1.165, 1.54) is 6.92 Å². The van der Waals surface area contributed by atoms with E-state index in [1.54, 1.807) is 0 Å². The molecule has 0 radical (unpaired) electrons. The Morgan fingerprint density at radius 2 is 1.50 bits per heavy atom. The average molecular weight is 328 g/mol. The minimum absolute atomic E-state index is 0.884. The van der Waals surface area contributed by atoms with Gasteiger partial charge >= 0.3 is 0 Å². The predicted molar refractivity (Wildman–Crippen MR) is 66.1 cm³/mol. The van der Waals surface area contributed by atoms with Crippen LogP contribution in [0.2, 0.25) is 0 Å². The highest BCUT2D eigenvalue weighted by Gasteiger charge is 2.49. The second-order valence-electron chi connectivity index (χ2n) is 5.48. The molecule has 0 aromatic heterocycles. The van der Waals surface area contributed by atoms with E-state index in [-0.39, 0.29) is 0 Å². The number of rotatable bonds is 3. The van der Waals surface area contributed by atoms with Crippen molar-refractivity contribution in [1.82, 2.24) is 0 Å². The van der Waals surface area contributed by atoms with Crippen LogP contribution < -0.4 is 0 Å².